The summed E-state index contributed by atoms with van der Waals surface area (Å²) in [6.45, 7) is 1.62. The number of carbonyl (C=O) groups is 2. The molecule has 47 heavy (non-hydrogen) atoms. The summed E-state index contributed by atoms with van der Waals surface area (Å²) in [5, 5.41) is 3.73. The van der Waals surface area contributed by atoms with Gasteiger partial charge in [0.05, 0.1) is 17.2 Å². The van der Waals surface area contributed by atoms with Gasteiger partial charge in [-0.05, 0) is 67.3 Å². The van der Waals surface area contributed by atoms with Gasteiger partial charge in [-0.2, -0.15) is 0 Å². The van der Waals surface area contributed by atoms with E-state index in [-0.39, 0.29) is 35.5 Å². The molecule has 0 aliphatic heterocycles. The number of halogens is 1. The number of hydrogen-bond acceptors (Lipinski definition) is 5. The lowest BCUT2D eigenvalue weighted by molar-refractivity contribution is -0.140. The predicted molar refractivity (Wildman–Crippen MR) is 185 cm³/mol. The van der Waals surface area contributed by atoms with Crippen LogP contribution in [0.5, 0.6) is 5.75 Å². The first-order valence-electron chi connectivity index (χ1n) is 15.9. The van der Waals surface area contributed by atoms with Gasteiger partial charge in [0.1, 0.15) is 18.3 Å². The zero-order valence-corrected chi connectivity index (χ0v) is 28.0. The average molecular weight is 674 g/mol. The molecule has 2 amide bonds. The molecule has 0 heterocycles. The standard InChI is InChI=1S/C37H40ClN3O5S/c1-2-46-35-20-12-11-19-33(35)41(47(44,45)32-17-7-4-8-18-32)27-36(42)40(26-29-21-23-30(38)24-22-29)34(25-28-13-5-3-6-14-28)37(43)39-31-15-9-10-16-31/h3-8,11-14,17-24,31,34H,2,9-10,15-16,25-27H2,1H3,(H,39,43)/t34-/m1/s1. The first-order chi connectivity index (χ1) is 22.8. The highest BCUT2D eigenvalue weighted by Crippen LogP contribution is 2.33. The summed E-state index contributed by atoms with van der Waals surface area (Å²) in [5.74, 6) is -0.477. The second-order valence-electron chi connectivity index (χ2n) is 11.6. The van der Waals surface area contributed by atoms with E-state index in [0.717, 1.165) is 41.1 Å². The fourth-order valence-electron chi connectivity index (χ4n) is 5.88. The molecule has 0 radical (unpaired) electrons. The Balaban J connectivity index is 1.58. The van der Waals surface area contributed by atoms with Crippen LogP contribution >= 0.6 is 11.6 Å². The zero-order valence-electron chi connectivity index (χ0n) is 26.4. The fraction of sp³-hybridized carbons (Fsp3) is 0.297. The SMILES string of the molecule is CCOc1ccccc1N(CC(=O)N(Cc1ccc(Cl)cc1)[C@H](Cc1ccccc1)C(=O)NC1CCCC1)S(=O)(=O)c1ccccc1. The van der Waals surface area contributed by atoms with Crippen molar-refractivity contribution in [2.75, 3.05) is 17.5 Å². The smallest absolute Gasteiger partial charge is 0.264 e. The number of sulfonamides is 1. The average Bonchev–Trinajstić information content (AvgIpc) is 3.60. The second-order valence-corrected chi connectivity index (χ2v) is 13.9. The second kappa shape index (κ2) is 16.0. The van der Waals surface area contributed by atoms with Crippen LogP contribution in [0, 0.1) is 0 Å². The first-order valence-corrected chi connectivity index (χ1v) is 17.8. The van der Waals surface area contributed by atoms with Crippen LogP contribution in [0.2, 0.25) is 5.02 Å². The van der Waals surface area contributed by atoms with Crippen LogP contribution in [-0.2, 0) is 32.6 Å². The van der Waals surface area contributed by atoms with Gasteiger partial charge >= 0.3 is 0 Å². The molecule has 8 nitrogen and oxygen atoms in total. The molecule has 1 N–H and O–H groups in total. The summed E-state index contributed by atoms with van der Waals surface area (Å²) in [7, 11) is -4.24. The van der Waals surface area contributed by atoms with Crippen LogP contribution in [0.1, 0.15) is 43.7 Å². The highest BCUT2D eigenvalue weighted by Gasteiger charge is 2.36. The number of amides is 2. The van der Waals surface area contributed by atoms with Gasteiger partial charge < -0.3 is 15.0 Å². The molecular formula is C37H40ClN3O5S. The molecule has 10 heteroatoms. The van der Waals surface area contributed by atoms with Gasteiger partial charge in [-0.25, -0.2) is 8.42 Å². The molecule has 0 saturated heterocycles. The largest absolute Gasteiger partial charge is 0.492 e. The van der Waals surface area contributed by atoms with Crippen LogP contribution in [0.25, 0.3) is 0 Å². The minimum absolute atomic E-state index is 0.0290. The molecule has 246 valence electrons. The third-order valence-corrected chi connectivity index (χ3v) is 10.3. The fourth-order valence-corrected chi connectivity index (χ4v) is 7.45. The molecule has 1 aliphatic carbocycles. The topological polar surface area (TPSA) is 96.0 Å². The lowest BCUT2D eigenvalue weighted by atomic mass is 10.0. The van der Waals surface area contributed by atoms with Crippen LogP contribution in [-0.4, -0.2) is 50.4 Å². The number of para-hydroxylation sites is 2. The normalized spacial score (nSPS) is 13.9. The molecule has 4 aromatic carbocycles. The van der Waals surface area contributed by atoms with E-state index in [1.54, 1.807) is 66.7 Å². The summed E-state index contributed by atoms with van der Waals surface area (Å²) in [6.07, 6.45) is 4.08. The number of carbonyl (C=O) groups excluding carboxylic acids is 2. The lowest BCUT2D eigenvalue weighted by Crippen LogP contribution is -2.54. The van der Waals surface area contributed by atoms with Crippen molar-refractivity contribution in [3.8, 4) is 5.75 Å². The minimum atomic E-state index is -4.24. The van der Waals surface area contributed by atoms with Crippen molar-refractivity contribution in [3.05, 3.63) is 125 Å². The van der Waals surface area contributed by atoms with E-state index < -0.39 is 28.5 Å². The number of benzene rings is 4. The lowest BCUT2D eigenvalue weighted by Gasteiger charge is -2.34. The van der Waals surface area contributed by atoms with Gasteiger partial charge in [0.15, 0.2) is 0 Å². The molecule has 1 aliphatic rings. The van der Waals surface area contributed by atoms with Crippen LogP contribution in [0.15, 0.2) is 114 Å². The van der Waals surface area contributed by atoms with E-state index >= 15 is 0 Å². The Morgan fingerprint density at radius 1 is 0.851 bits per heavy atom. The van der Waals surface area contributed by atoms with E-state index in [9.17, 15) is 18.0 Å². The molecule has 1 fully saturated rings. The summed E-state index contributed by atoms with van der Waals surface area (Å²) in [5.41, 5.74) is 1.86. The van der Waals surface area contributed by atoms with Crippen molar-refractivity contribution in [2.45, 2.75) is 62.6 Å². The number of nitrogens with one attached hydrogen (secondary N) is 1. The zero-order chi connectivity index (χ0) is 33.2. The Morgan fingerprint density at radius 2 is 1.47 bits per heavy atom. The van der Waals surface area contributed by atoms with Gasteiger partial charge in [0.2, 0.25) is 11.8 Å². The quantitative estimate of drug-likeness (QED) is 0.162. The van der Waals surface area contributed by atoms with Crippen molar-refractivity contribution < 1.29 is 22.7 Å². The monoisotopic (exact) mass is 673 g/mol. The third kappa shape index (κ3) is 8.73. The van der Waals surface area contributed by atoms with Crippen molar-refractivity contribution >= 4 is 39.1 Å². The Labute approximate surface area is 282 Å². The number of anilines is 1. The summed E-state index contributed by atoms with van der Waals surface area (Å²) < 4.78 is 35.5. The maximum absolute atomic E-state index is 14.7. The number of ether oxygens (including phenoxy) is 1. The number of hydrogen-bond donors (Lipinski definition) is 1. The van der Waals surface area contributed by atoms with E-state index in [0.29, 0.717) is 17.4 Å². The van der Waals surface area contributed by atoms with Crippen molar-refractivity contribution in [3.63, 3.8) is 0 Å². The molecule has 1 atom stereocenters. The third-order valence-electron chi connectivity index (χ3n) is 8.28. The molecule has 0 bridgehead atoms. The molecule has 0 aromatic heterocycles. The summed E-state index contributed by atoms with van der Waals surface area (Å²) in [4.78, 5) is 30.3. The Bertz CT molecular complexity index is 1730. The van der Waals surface area contributed by atoms with Gasteiger partial charge in [-0.15, -0.1) is 0 Å². The Hall–Kier alpha value is -4.34. The molecule has 0 unspecified atom stereocenters. The van der Waals surface area contributed by atoms with Crippen molar-refractivity contribution in [2.24, 2.45) is 0 Å². The summed E-state index contributed by atoms with van der Waals surface area (Å²) >= 11 is 6.18. The first kappa shape index (κ1) is 34.0. The van der Waals surface area contributed by atoms with E-state index in [1.807, 2.05) is 37.3 Å². The molecule has 0 spiro atoms. The maximum Gasteiger partial charge on any atom is 0.264 e. The van der Waals surface area contributed by atoms with Gasteiger partial charge in [0, 0.05) is 24.0 Å². The van der Waals surface area contributed by atoms with Crippen LogP contribution in [0.3, 0.4) is 0 Å². The number of nitrogens with zero attached hydrogens (tertiary/aromatic N) is 2. The molecule has 5 rings (SSSR count). The Kier molecular flexibility index (Phi) is 11.6. The maximum atomic E-state index is 14.7. The number of rotatable bonds is 14. The van der Waals surface area contributed by atoms with Gasteiger partial charge in [0.25, 0.3) is 10.0 Å². The van der Waals surface area contributed by atoms with Crippen molar-refractivity contribution in [1.29, 1.82) is 0 Å². The molecule has 4 aromatic rings. The molecular weight excluding hydrogens is 634 g/mol. The summed E-state index contributed by atoms with van der Waals surface area (Å²) in [6, 6.07) is 30.5. The van der Waals surface area contributed by atoms with E-state index in [2.05, 4.69) is 5.32 Å². The van der Waals surface area contributed by atoms with Crippen molar-refractivity contribution in [1.82, 2.24) is 10.2 Å². The van der Waals surface area contributed by atoms with Crippen LogP contribution in [0.4, 0.5) is 5.69 Å². The van der Waals surface area contributed by atoms with Crippen LogP contribution < -0.4 is 14.4 Å². The molecule has 1 saturated carbocycles. The highest BCUT2D eigenvalue weighted by molar-refractivity contribution is 7.92. The minimum Gasteiger partial charge on any atom is -0.492 e. The van der Waals surface area contributed by atoms with Gasteiger partial charge in [-0.1, -0.05) is 97.2 Å². The van der Waals surface area contributed by atoms with E-state index in [4.69, 9.17) is 16.3 Å². The highest BCUT2D eigenvalue weighted by atomic mass is 35.5. The predicted octanol–water partition coefficient (Wildman–Crippen LogP) is 6.63. The Morgan fingerprint density at radius 3 is 2.13 bits per heavy atom. The van der Waals surface area contributed by atoms with Gasteiger partial charge in [-0.3, -0.25) is 13.9 Å². The van der Waals surface area contributed by atoms with E-state index in [1.165, 1.54) is 17.0 Å².